The normalized spacial score (nSPS) is 11.4. The van der Waals surface area contributed by atoms with Gasteiger partial charge in [-0.3, -0.25) is 0 Å². The van der Waals surface area contributed by atoms with Crippen LogP contribution in [-0.2, 0) is 5.41 Å². The largest absolute Gasteiger partial charge is 0.373 e. The minimum atomic E-state index is -0.0894. The Morgan fingerprint density at radius 1 is 1.16 bits per heavy atom. The van der Waals surface area contributed by atoms with Gasteiger partial charge in [0, 0.05) is 24.7 Å². The van der Waals surface area contributed by atoms with Gasteiger partial charge in [-0.05, 0) is 17.8 Å². The Labute approximate surface area is 117 Å². The molecular formula is C13H17N5S. The number of nitrogens with zero attached hydrogens (tertiary/aromatic N) is 4. The molecule has 5 nitrogen and oxygen atoms in total. The van der Waals surface area contributed by atoms with E-state index in [1.807, 2.05) is 19.2 Å². The Hall–Kier alpha value is -1.69. The summed E-state index contributed by atoms with van der Waals surface area (Å²) < 4.78 is 0. The lowest BCUT2D eigenvalue weighted by Crippen LogP contribution is -2.17. The molecule has 100 valence electrons. The molecule has 2 aromatic heterocycles. The third-order valence-corrected chi connectivity index (χ3v) is 3.26. The van der Waals surface area contributed by atoms with Crippen LogP contribution in [0.2, 0.25) is 0 Å². The maximum absolute atomic E-state index is 4.60. The molecule has 2 heterocycles. The predicted molar refractivity (Wildman–Crippen MR) is 76.4 cm³/mol. The summed E-state index contributed by atoms with van der Waals surface area (Å²) in [5.41, 5.74) is -0.0894. The van der Waals surface area contributed by atoms with E-state index in [1.54, 1.807) is 6.20 Å². The quantitative estimate of drug-likeness (QED) is 0.869. The second-order valence-corrected chi connectivity index (χ2v) is 6.11. The zero-order valence-corrected chi connectivity index (χ0v) is 12.3. The molecule has 0 fully saturated rings. The maximum atomic E-state index is 4.60. The van der Waals surface area contributed by atoms with Crippen molar-refractivity contribution in [1.82, 2.24) is 19.9 Å². The number of anilines is 1. The SMILES string of the molecule is CNc1cc(Sc2ccncn2)nc(C(C)(C)C)n1. The van der Waals surface area contributed by atoms with Gasteiger partial charge in [-0.15, -0.1) is 0 Å². The summed E-state index contributed by atoms with van der Waals surface area (Å²) in [6.07, 6.45) is 3.26. The van der Waals surface area contributed by atoms with E-state index in [-0.39, 0.29) is 5.41 Å². The zero-order valence-electron chi connectivity index (χ0n) is 11.5. The Morgan fingerprint density at radius 2 is 1.95 bits per heavy atom. The summed E-state index contributed by atoms with van der Waals surface area (Å²) in [6.45, 7) is 6.29. The van der Waals surface area contributed by atoms with Crippen LogP contribution in [0.1, 0.15) is 26.6 Å². The standard InChI is InChI=1S/C13H17N5S/c1-13(2,3)12-17-9(14-4)7-11(18-12)19-10-5-6-15-8-16-10/h5-8H,1-4H3,(H,14,17,18). The van der Waals surface area contributed by atoms with Crippen molar-refractivity contribution in [2.45, 2.75) is 36.2 Å². The fraction of sp³-hybridized carbons (Fsp3) is 0.385. The molecule has 0 radical (unpaired) electrons. The van der Waals surface area contributed by atoms with Crippen LogP contribution in [0.5, 0.6) is 0 Å². The number of rotatable bonds is 3. The van der Waals surface area contributed by atoms with Gasteiger partial charge in [0.15, 0.2) is 0 Å². The topological polar surface area (TPSA) is 63.6 Å². The first kappa shape index (κ1) is 13.7. The van der Waals surface area contributed by atoms with Gasteiger partial charge < -0.3 is 5.32 Å². The third kappa shape index (κ3) is 3.64. The van der Waals surface area contributed by atoms with Gasteiger partial charge in [0.25, 0.3) is 0 Å². The van der Waals surface area contributed by atoms with E-state index >= 15 is 0 Å². The molecule has 0 amide bonds. The molecule has 0 aliphatic carbocycles. The first-order chi connectivity index (χ1) is 8.99. The Bertz CT molecular complexity index is 551. The van der Waals surface area contributed by atoms with Crippen LogP contribution in [-0.4, -0.2) is 27.0 Å². The molecule has 0 unspecified atom stereocenters. The van der Waals surface area contributed by atoms with E-state index in [0.717, 1.165) is 21.7 Å². The van der Waals surface area contributed by atoms with Crippen LogP contribution in [0.25, 0.3) is 0 Å². The van der Waals surface area contributed by atoms with Crippen molar-refractivity contribution in [1.29, 1.82) is 0 Å². The highest BCUT2D eigenvalue weighted by molar-refractivity contribution is 7.99. The zero-order chi connectivity index (χ0) is 13.9. The molecule has 2 aromatic rings. The summed E-state index contributed by atoms with van der Waals surface area (Å²) in [7, 11) is 1.86. The van der Waals surface area contributed by atoms with Crippen molar-refractivity contribution in [2.24, 2.45) is 0 Å². The fourth-order valence-corrected chi connectivity index (χ4v) is 2.13. The van der Waals surface area contributed by atoms with E-state index in [2.05, 4.69) is 46.0 Å². The summed E-state index contributed by atoms with van der Waals surface area (Å²) >= 11 is 1.51. The van der Waals surface area contributed by atoms with Crippen LogP contribution in [0, 0.1) is 0 Å². The highest BCUT2D eigenvalue weighted by atomic mass is 32.2. The van der Waals surface area contributed by atoms with Crippen LogP contribution in [0.3, 0.4) is 0 Å². The highest BCUT2D eigenvalue weighted by Gasteiger charge is 2.19. The molecule has 0 aromatic carbocycles. The number of hydrogen-bond acceptors (Lipinski definition) is 6. The molecule has 0 spiro atoms. The lowest BCUT2D eigenvalue weighted by molar-refractivity contribution is 0.539. The minimum absolute atomic E-state index is 0.0894. The van der Waals surface area contributed by atoms with Crippen molar-refractivity contribution in [3.05, 3.63) is 30.5 Å². The number of nitrogens with one attached hydrogen (secondary N) is 1. The average molecular weight is 275 g/mol. The van der Waals surface area contributed by atoms with Crippen molar-refractivity contribution < 1.29 is 0 Å². The average Bonchev–Trinajstić information content (AvgIpc) is 2.38. The van der Waals surface area contributed by atoms with Gasteiger partial charge in [0.1, 0.15) is 28.0 Å². The van der Waals surface area contributed by atoms with Crippen LogP contribution < -0.4 is 5.32 Å². The monoisotopic (exact) mass is 275 g/mol. The molecule has 6 heteroatoms. The molecule has 1 N–H and O–H groups in total. The van der Waals surface area contributed by atoms with Crippen molar-refractivity contribution in [2.75, 3.05) is 12.4 Å². The van der Waals surface area contributed by atoms with Gasteiger partial charge in [0.2, 0.25) is 0 Å². The van der Waals surface area contributed by atoms with E-state index in [1.165, 1.54) is 18.1 Å². The molecule has 0 aliphatic heterocycles. The van der Waals surface area contributed by atoms with Crippen molar-refractivity contribution in [3.63, 3.8) is 0 Å². The molecule has 0 aliphatic rings. The molecule has 0 atom stereocenters. The summed E-state index contributed by atoms with van der Waals surface area (Å²) in [4.78, 5) is 17.2. The van der Waals surface area contributed by atoms with Crippen molar-refractivity contribution >= 4 is 17.6 Å². The summed E-state index contributed by atoms with van der Waals surface area (Å²) in [5.74, 6) is 1.63. The van der Waals surface area contributed by atoms with Crippen LogP contribution in [0.4, 0.5) is 5.82 Å². The summed E-state index contributed by atoms with van der Waals surface area (Å²) in [6, 6.07) is 3.78. The molecule has 2 rings (SSSR count). The van der Waals surface area contributed by atoms with E-state index in [4.69, 9.17) is 0 Å². The molecule has 0 saturated heterocycles. The Balaban J connectivity index is 2.35. The number of aromatic nitrogens is 4. The molecule has 0 bridgehead atoms. The Kier molecular flexibility index (Phi) is 3.99. The van der Waals surface area contributed by atoms with E-state index in [9.17, 15) is 0 Å². The van der Waals surface area contributed by atoms with Gasteiger partial charge in [0.05, 0.1) is 0 Å². The first-order valence-corrected chi connectivity index (χ1v) is 6.82. The fourth-order valence-electron chi connectivity index (χ4n) is 1.39. The van der Waals surface area contributed by atoms with Gasteiger partial charge in [-0.2, -0.15) is 0 Å². The van der Waals surface area contributed by atoms with Crippen LogP contribution in [0.15, 0.2) is 34.7 Å². The van der Waals surface area contributed by atoms with E-state index in [0.29, 0.717) is 0 Å². The first-order valence-electron chi connectivity index (χ1n) is 6.00. The minimum Gasteiger partial charge on any atom is -0.373 e. The second kappa shape index (κ2) is 5.52. The van der Waals surface area contributed by atoms with Crippen molar-refractivity contribution in [3.8, 4) is 0 Å². The molecule has 19 heavy (non-hydrogen) atoms. The summed E-state index contributed by atoms with van der Waals surface area (Å²) in [5, 5.41) is 4.82. The second-order valence-electron chi connectivity index (χ2n) is 5.06. The predicted octanol–water partition coefficient (Wildman–Crippen LogP) is 2.76. The van der Waals surface area contributed by atoms with E-state index < -0.39 is 0 Å². The molecule has 0 saturated carbocycles. The highest BCUT2D eigenvalue weighted by Crippen LogP contribution is 2.28. The maximum Gasteiger partial charge on any atom is 0.137 e. The smallest absolute Gasteiger partial charge is 0.137 e. The third-order valence-electron chi connectivity index (χ3n) is 2.39. The molecular weight excluding hydrogens is 258 g/mol. The number of hydrogen-bond donors (Lipinski definition) is 1. The van der Waals surface area contributed by atoms with Gasteiger partial charge in [-0.25, -0.2) is 19.9 Å². The lowest BCUT2D eigenvalue weighted by atomic mass is 9.96. The van der Waals surface area contributed by atoms with Crippen LogP contribution >= 0.6 is 11.8 Å². The van der Waals surface area contributed by atoms with Gasteiger partial charge >= 0.3 is 0 Å². The Morgan fingerprint density at radius 3 is 2.53 bits per heavy atom. The lowest BCUT2D eigenvalue weighted by Gasteiger charge is -2.18. The van der Waals surface area contributed by atoms with Gasteiger partial charge in [-0.1, -0.05) is 20.8 Å².